The minimum atomic E-state index is -0.570. The molecule has 68 valence electrons. The fourth-order valence-corrected chi connectivity index (χ4v) is 1.20. The monoisotopic (exact) mass is 182 g/mol. The van der Waals surface area contributed by atoms with Gasteiger partial charge in [-0.2, -0.15) is 0 Å². The molecular weight excluding hydrogens is 174 g/mol. The van der Waals surface area contributed by atoms with Crippen LogP contribution in [0.15, 0.2) is 30.5 Å². The van der Waals surface area contributed by atoms with E-state index in [1.165, 1.54) is 17.1 Å². The van der Waals surface area contributed by atoms with Crippen molar-refractivity contribution in [2.24, 2.45) is 0 Å². The van der Waals surface area contributed by atoms with E-state index in [-0.39, 0.29) is 0 Å². The topological polar surface area (TPSA) is 15.3 Å². The first-order chi connectivity index (χ1) is 6.27. The maximum atomic E-state index is 13.1. The molecule has 1 aliphatic rings. The van der Waals surface area contributed by atoms with Crippen molar-refractivity contribution in [2.75, 3.05) is 11.6 Å². The van der Waals surface area contributed by atoms with Crippen molar-refractivity contribution in [1.82, 2.24) is 5.43 Å². The van der Waals surface area contributed by atoms with Crippen LogP contribution in [0.2, 0.25) is 0 Å². The summed E-state index contributed by atoms with van der Waals surface area (Å²) in [7, 11) is 0. The normalized spacial score (nSPS) is 15.4. The van der Waals surface area contributed by atoms with E-state index in [2.05, 4.69) is 5.43 Å². The number of nitrogens with one attached hydrogen (secondary N) is 1. The maximum absolute atomic E-state index is 13.1. The summed E-state index contributed by atoms with van der Waals surface area (Å²) < 4.78 is 25.7. The summed E-state index contributed by atoms with van der Waals surface area (Å²) >= 11 is 0. The first-order valence-electron chi connectivity index (χ1n) is 3.92. The fraction of sp³-hybridized carbons (Fsp3) is 0.111. The lowest BCUT2D eigenvalue weighted by atomic mass is 10.3. The van der Waals surface area contributed by atoms with Gasteiger partial charge in [0.15, 0.2) is 5.82 Å². The quantitative estimate of drug-likeness (QED) is 0.712. The number of halogens is 2. The Labute approximate surface area is 74.4 Å². The molecule has 2 nitrogen and oxygen atoms in total. The van der Waals surface area contributed by atoms with Gasteiger partial charge in [-0.25, -0.2) is 14.2 Å². The van der Waals surface area contributed by atoms with Gasteiger partial charge >= 0.3 is 0 Å². The molecule has 2 rings (SSSR count). The predicted octanol–water partition coefficient (Wildman–Crippen LogP) is 1.80. The number of hydrazine groups is 1. The van der Waals surface area contributed by atoms with E-state index in [1.54, 1.807) is 6.20 Å². The van der Waals surface area contributed by atoms with E-state index >= 15 is 0 Å². The lowest BCUT2D eigenvalue weighted by Gasteiger charge is -2.16. The summed E-state index contributed by atoms with van der Waals surface area (Å²) in [5.74, 6) is -1.14. The minimum Gasteiger partial charge on any atom is -0.281 e. The van der Waals surface area contributed by atoms with Crippen LogP contribution in [0.5, 0.6) is 0 Å². The van der Waals surface area contributed by atoms with Crippen molar-refractivity contribution in [3.63, 3.8) is 0 Å². The first kappa shape index (κ1) is 8.19. The highest BCUT2D eigenvalue weighted by Crippen LogP contribution is 2.19. The number of rotatable bonds is 1. The molecule has 0 radical (unpaired) electrons. The van der Waals surface area contributed by atoms with Gasteiger partial charge < -0.3 is 0 Å². The number of anilines is 1. The van der Waals surface area contributed by atoms with E-state index in [1.807, 2.05) is 6.08 Å². The smallest absolute Gasteiger partial charge is 0.151 e. The summed E-state index contributed by atoms with van der Waals surface area (Å²) in [6, 6.07) is 3.49. The summed E-state index contributed by atoms with van der Waals surface area (Å²) in [4.78, 5) is 0. The third-order valence-corrected chi connectivity index (χ3v) is 1.80. The fourth-order valence-electron chi connectivity index (χ4n) is 1.20. The zero-order valence-corrected chi connectivity index (χ0v) is 6.80. The highest BCUT2D eigenvalue weighted by Gasteiger charge is 2.11. The van der Waals surface area contributed by atoms with Gasteiger partial charge in [0.05, 0.1) is 5.69 Å². The van der Waals surface area contributed by atoms with Crippen LogP contribution in [0.25, 0.3) is 0 Å². The summed E-state index contributed by atoms with van der Waals surface area (Å²) in [5, 5.41) is 1.52. The number of benzene rings is 1. The Morgan fingerprint density at radius 3 is 2.77 bits per heavy atom. The van der Waals surface area contributed by atoms with Crippen LogP contribution in [-0.2, 0) is 0 Å². The Balaban J connectivity index is 2.34. The van der Waals surface area contributed by atoms with Crippen LogP contribution in [0.1, 0.15) is 0 Å². The second kappa shape index (κ2) is 3.14. The number of nitrogens with zero attached hydrogens (tertiary/aromatic N) is 1. The van der Waals surface area contributed by atoms with E-state index in [0.717, 1.165) is 6.07 Å². The van der Waals surface area contributed by atoms with Gasteiger partial charge in [-0.15, -0.1) is 0 Å². The molecule has 0 bridgehead atoms. The molecule has 0 aliphatic carbocycles. The summed E-state index contributed by atoms with van der Waals surface area (Å²) in [6.07, 6.45) is 3.55. The van der Waals surface area contributed by atoms with Crippen LogP contribution < -0.4 is 10.4 Å². The molecule has 0 unspecified atom stereocenters. The third-order valence-electron chi connectivity index (χ3n) is 1.80. The zero-order chi connectivity index (χ0) is 9.26. The van der Waals surface area contributed by atoms with E-state index in [0.29, 0.717) is 12.2 Å². The van der Waals surface area contributed by atoms with Gasteiger partial charge in [0.25, 0.3) is 0 Å². The molecule has 0 atom stereocenters. The highest BCUT2D eigenvalue weighted by atomic mass is 19.1. The molecule has 13 heavy (non-hydrogen) atoms. The average molecular weight is 182 g/mol. The van der Waals surface area contributed by atoms with Crippen molar-refractivity contribution < 1.29 is 8.78 Å². The molecule has 0 aromatic heterocycles. The minimum absolute atomic E-state index is 0.329. The second-order valence-corrected chi connectivity index (χ2v) is 2.71. The van der Waals surface area contributed by atoms with E-state index in [4.69, 9.17) is 0 Å². The number of hydrogen-bond acceptors (Lipinski definition) is 2. The Morgan fingerprint density at radius 2 is 2.15 bits per heavy atom. The third kappa shape index (κ3) is 1.53. The SMILES string of the molecule is Fc1ccc(N2C=CCN2)c(F)c1. The van der Waals surface area contributed by atoms with Crippen molar-refractivity contribution >= 4 is 5.69 Å². The van der Waals surface area contributed by atoms with Gasteiger partial charge in [0.1, 0.15) is 5.82 Å². The van der Waals surface area contributed by atoms with Gasteiger partial charge in [-0.05, 0) is 12.1 Å². The van der Waals surface area contributed by atoms with Gasteiger partial charge in [0, 0.05) is 18.8 Å². The van der Waals surface area contributed by atoms with Crippen LogP contribution in [0, 0.1) is 11.6 Å². The van der Waals surface area contributed by atoms with Crippen LogP contribution >= 0.6 is 0 Å². The van der Waals surface area contributed by atoms with E-state index in [9.17, 15) is 8.78 Å². The molecule has 1 N–H and O–H groups in total. The Hall–Kier alpha value is -1.42. The average Bonchev–Trinajstić information content (AvgIpc) is 2.56. The van der Waals surface area contributed by atoms with Gasteiger partial charge in [-0.1, -0.05) is 6.08 Å². The molecule has 0 amide bonds. The predicted molar refractivity (Wildman–Crippen MR) is 46.0 cm³/mol. The molecule has 1 heterocycles. The lowest BCUT2D eigenvalue weighted by Crippen LogP contribution is -2.28. The Kier molecular flexibility index (Phi) is 1.98. The highest BCUT2D eigenvalue weighted by molar-refractivity contribution is 5.50. The molecule has 1 aliphatic heterocycles. The largest absolute Gasteiger partial charge is 0.281 e. The Bertz CT molecular complexity index is 349. The van der Waals surface area contributed by atoms with E-state index < -0.39 is 11.6 Å². The zero-order valence-electron chi connectivity index (χ0n) is 6.80. The number of hydrogen-bond donors (Lipinski definition) is 1. The molecule has 0 saturated heterocycles. The van der Waals surface area contributed by atoms with Crippen molar-refractivity contribution in [3.05, 3.63) is 42.1 Å². The van der Waals surface area contributed by atoms with Crippen molar-refractivity contribution in [3.8, 4) is 0 Å². The summed E-state index contributed by atoms with van der Waals surface area (Å²) in [6.45, 7) is 0.664. The molecule has 1 aromatic carbocycles. The summed E-state index contributed by atoms with van der Waals surface area (Å²) in [5.41, 5.74) is 3.22. The van der Waals surface area contributed by atoms with Gasteiger partial charge in [-0.3, -0.25) is 5.01 Å². The standard InChI is InChI=1S/C9H8F2N2/c10-7-2-3-9(8(11)6-7)13-5-1-4-12-13/h1-3,5-6,12H,4H2. The van der Waals surface area contributed by atoms with Crippen LogP contribution in [0.4, 0.5) is 14.5 Å². The molecule has 0 fully saturated rings. The molecular formula is C9H8F2N2. The second-order valence-electron chi connectivity index (χ2n) is 2.71. The van der Waals surface area contributed by atoms with Crippen LogP contribution in [0.3, 0.4) is 0 Å². The van der Waals surface area contributed by atoms with Crippen LogP contribution in [-0.4, -0.2) is 6.54 Å². The Morgan fingerprint density at radius 1 is 1.31 bits per heavy atom. The van der Waals surface area contributed by atoms with Gasteiger partial charge in [0.2, 0.25) is 0 Å². The molecule has 1 aromatic rings. The van der Waals surface area contributed by atoms with Crippen molar-refractivity contribution in [2.45, 2.75) is 0 Å². The maximum Gasteiger partial charge on any atom is 0.151 e. The first-order valence-corrected chi connectivity index (χ1v) is 3.92. The van der Waals surface area contributed by atoms with Crippen molar-refractivity contribution in [1.29, 1.82) is 0 Å². The molecule has 0 saturated carbocycles. The molecule has 0 spiro atoms. The lowest BCUT2D eigenvalue weighted by molar-refractivity contribution is 0.579. The molecule has 4 heteroatoms.